The van der Waals surface area contributed by atoms with Crippen molar-refractivity contribution in [2.45, 2.75) is 18.3 Å². The van der Waals surface area contributed by atoms with Gasteiger partial charge < -0.3 is 4.74 Å². The van der Waals surface area contributed by atoms with E-state index in [1.165, 1.54) is 0 Å². The van der Waals surface area contributed by atoms with E-state index in [2.05, 4.69) is 15.9 Å². The third-order valence-corrected chi connectivity index (χ3v) is 4.35. The Morgan fingerprint density at radius 3 is 2.68 bits per heavy atom. The fourth-order valence-corrected chi connectivity index (χ4v) is 2.94. The summed E-state index contributed by atoms with van der Waals surface area (Å²) in [6.45, 7) is 0. The topological polar surface area (TPSA) is 9.23 Å². The SMILES string of the molecule is COc1cccc(CC(CBr)CCSC(F)(F)F)c1. The van der Waals surface area contributed by atoms with Gasteiger partial charge in [0.25, 0.3) is 0 Å². The molecule has 108 valence electrons. The smallest absolute Gasteiger partial charge is 0.441 e. The van der Waals surface area contributed by atoms with Crippen LogP contribution in [0.25, 0.3) is 0 Å². The Hall–Kier alpha value is -0.360. The number of methoxy groups -OCH3 is 1. The van der Waals surface area contributed by atoms with Crippen LogP contribution in [0.3, 0.4) is 0 Å². The fourth-order valence-electron chi connectivity index (χ4n) is 1.71. The highest BCUT2D eigenvalue weighted by Crippen LogP contribution is 2.32. The van der Waals surface area contributed by atoms with Crippen molar-refractivity contribution in [2.24, 2.45) is 5.92 Å². The number of thioether (sulfide) groups is 1. The third kappa shape index (κ3) is 7.11. The molecule has 1 aromatic rings. The zero-order valence-electron chi connectivity index (χ0n) is 10.5. The summed E-state index contributed by atoms with van der Waals surface area (Å²) in [6, 6.07) is 7.64. The fraction of sp³-hybridized carbons (Fsp3) is 0.538. The molecular weight excluding hydrogens is 341 g/mol. The summed E-state index contributed by atoms with van der Waals surface area (Å²) in [5.74, 6) is 1.07. The predicted octanol–water partition coefficient (Wildman–Crippen LogP) is 4.89. The van der Waals surface area contributed by atoms with Gasteiger partial charge in [0.05, 0.1) is 7.11 Å². The van der Waals surface area contributed by atoms with Crippen LogP contribution in [0, 0.1) is 5.92 Å². The van der Waals surface area contributed by atoms with Gasteiger partial charge in [0.1, 0.15) is 5.75 Å². The molecule has 0 fully saturated rings. The maximum Gasteiger partial charge on any atom is 0.441 e. The van der Waals surface area contributed by atoms with Crippen LogP contribution in [0.5, 0.6) is 5.75 Å². The Morgan fingerprint density at radius 1 is 1.37 bits per heavy atom. The average Bonchev–Trinajstić information content (AvgIpc) is 2.36. The first-order chi connectivity index (χ1) is 8.94. The van der Waals surface area contributed by atoms with Gasteiger partial charge in [-0.25, -0.2) is 0 Å². The normalized spacial score (nSPS) is 13.3. The summed E-state index contributed by atoms with van der Waals surface area (Å²) >= 11 is 3.42. The van der Waals surface area contributed by atoms with Gasteiger partial charge in [-0.3, -0.25) is 0 Å². The third-order valence-electron chi connectivity index (χ3n) is 2.67. The monoisotopic (exact) mass is 356 g/mol. The molecule has 6 heteroatoms. The lowest BCUT2D eigenvalue weighted by Crippen LogP contribution is -2.10. The Balaban J connectivity index is 2.47. The summed E-state index contributed by atoms with van der Waals surface area (Å²) in [7, 11) is 1.60. The second-order valence-corrected chi connectivity index (χ2v) is 5.97. The molecule has 0 aromatic heterocycles. The van der Waals surface area contributed by atoms with Gasteiger partial charge in [0.2, 0.25) is 0 Å². The highest BCUT2D eigenvalue weighted by Gasteiger charge is 2.27. The number of alkyl halides is 4. The minimum Gasteiger partial charge on any atom is -0.497 e. The molecule has 0 amide bonds. The van der Waals surface area contributed by atoms with Gasteiger partial charge in [-0.2, -0.15) is 13.2 Å². The standard InChI is InChI=1S/C13H16BrF3OS/c1-18-12-4-2-3-10(8-12)7-11(9-14)5-6-19-13(15,16)17/h2-4,8,11H,5-7,9H2,1H3. The van der Waals surface area contributed by atoms with Crippen molar-refractivity contribution < 1.29 is 17.9 Å². The first-order valence-corrected chi connectivity index (χ1v) is 7.95. The molecule has 0 aliphatic heterocycles. The highest BCUT2D eigenvalue weighted by atomic mass is 79.9. The molecule has 0 aliphatic carbocycles. The van der Waals surface area contributed by atoms with Crippen LogP contribution >= 0.6 is 27.7 Å². The van der Waals surface area contributed by atoms with E-state index in [1.807, 2.05) is 24.3 Å². The molecule has 0 spiro atoms. The van der Waals surface area contributed by atoms with Gasteiger partial charge in [-0.15, -0.1) is 0 Å². The zero-order chi connectivity index (χ0) is 14.3. The zero-order valence-corrected chi connectivity index (χ0v) is 12.9. The molecule has 0 saturated carbocycles. The lowest BCUT2D eigenvalue weighted by atomic mass is 9.99. The van der Waals surface area contributed by atoms with Crippen LogP contribution in [-0.2, 0) is 6.42 Å². The number of ether oxygens (including phenoxy) is 1. The maximum absolute atomic E-state index is 12.1. The maximum atomic E-state index is 12.1. The van der Waals surface area contributed by atoms with Crippen molar-refractivity contribution in [1.29, 1.82) is 0 Å². The number of halogens is 4. The molecule has 0 N–H and O–H groups in total. The number of hydrogen-bond acceptors (Lipinski definition) is 2. The first-order valence-electron chi connectivity index (χ1n) is 5.84. The molecule has 0 radical (unpaired) electrons. The summed E-state index contributed by atoms with van der Waals surface area (Å²) in [4.78, 5) is 0. The predicted molar refractivity (Wildman–Crippen MR) is 77.1 cm³/mol. The van der Waals surface area contributed by atoms with E-state index >= 15 is 0 Å². The van der Waals surface area contributed by atoms with Gasteiger partial charge in [0.15, 0.2) is 0 Å². The van der Waals surface area contributed by atoms with Gasteiger partial charge in [-0.05, 0) is 36.5 Å². The highest BCUT2D eigenvalue weighted by molar-refractivity contribution is 9.09. The van der Waals surface area contributed by atoms with Crippen LogP contribution in [0.15, 0.2) is 24.3 Å². The van der Waals surface area contributed by atoms with E-state index in [0.717, 1.165) is 17.7 Å². The minimum absolute atomic E-state index is 0.0500. The van der Waals surface area contributed by atoms with Crippen molar-refractivity contribution in [3.8, 4) is 5.75 Å². The van der Waals surface area contributed by atoms with E-state index in [1.54, 1.807) is 7.11 Å². The molecule has 0 bridgehead atoms. The number of rotatable bonds is 7. The average molecular weight is 357 g/mol. The Kier molecular flexibility index (Phi) is 7.07. The van der Waals surface area contributed by atoms with Crippen molar-refractivity contribution in [2.75, 3.05) is 18.2 Å². The lowest BCUT2D eigenvalue weighted by Gasteiger charge is -2.15. The van der Waals surface area contributed by atoms with E-state index in [4.69, 9.17) is 4.74 Å². The van der Waals surface area contributed by atoms with Gasteiger partial charge >= 0.3 is 5.51 Å². The van der Waals surface area contributed by atoms with Crippen LogP contribution in [0.2, 0.25) is 0 Å². The molecule has 0 heterocycles. The molecule has 0 saturated heterocycles. The van der Waals surface area contributed by atoms with E-state index in [0.29, 0.717) is 11.8 Å². The summed E-state index contributed by atoms with van der Waals surface area (Å²) in [5, 5.41) is 0.697. The van der Waals surface area contributed by atoms with Crippen LogP contribution < -0.4 is 4.74 Å². The van der Waals surface area contributed by atoms with Crippen molar-refractivity contribution >= 4 is 27.7 Å². The van der Waals surface area contributed by atoms with E-state index in [-0.39, 0.29) is 23.4 Å². The Morgan fingerprint density at radius 2 is 2.11 bits per heavy atom. The molecule has 1 rings (SSSR count). The Bertz CT molecular complexity index is 384. The molecule has 1 nitrogen and oxygen atoms in total. The summed E-state index contributed by atoms with van der Waals surface area (Å²) in [6.07, 6.45) is 1.29. The van der Waals surface area contributed by atoms with Crippen molar-refractivity contribution in [3.63, 3.8) is 0 Å². The minimum atomic E-state index is -4.13. The van der Waals surface area contributed by atoms with Crippen LogP contribution in [0.4, 0.5) is 13.2 Å². The molecule has 0 aliphatic rings. The second kappa shape index (κ2) is 8.04. The van der Waals surface area contributed by atoms with Crippen molar-refractivity contribution in [3.05, 3.63) is 29.8 Å². The summed E-state index contributed by atoms with van der Waals surface area (Å²) < 4.78 is 41.3. The number of benzene rings is 1. The number of hydrogen-bond donors (Lipinski definition) is 0. The Labute approximate surface area is 124 Å². The lowest BCUT2D eigenvalue weighted by molar-refractivity contribution is -0.0328. The van der Waals surface area contributed by atoms with Crippen LogP contribution in [0.1, 0.15) is 12.0 Å². The molecule has 1 atom stereocenters. The van der Waals surface area contributed by atoms with Gasteiger partial charge in [-0.1, -0.05) is 39.8 Å². The molecule has 1 unspecified atom stereocenters. The van der Waals surface area contributed by atoms with Gasteiger partial charge in [0, 0.05) is 11.1 Å². The van der Waals surface area contributed by atoms with E-state index in [9.17, 15) is 13.2 Å². The van der Waals surface area contributed by atoms with Crippen LogP contribution in [-0.4, -0.2) is 23.7 Å². The quantitative estimate of drug-likeness (QED) is 0.643. The molecule has 19 heavy (non-hydrogen) atoms. The first kappa shape index (κ1) is 16.7. The van der Waals surface area contributed by atoms with E-state index < -0.39 is 5.51 Å². The largest absolute Gasteiger partial charge is 0.497 e. The van der Waals surface area contributed by atoms with Crippen molar-refractivity contribution in [1.82, 2.24) is 0 Å². The molecular formula is C13H16BrF3OS. The summed E-state index contributed by atoms with van der Waals surface area (Å²) in [5.41, 5.74) is -3.05. The second-order valence-electron chi connectivity index (χ2n) is 4.16. The molecule has 1 aromatic carbocycles.